The van der Waals surface area contributed by atoms with Crippen LogP contribution in [0.3, 0.4) is 0 Å². The van der Waals surface area contributed by atoms with E-state index in [0.29, 0.717) is 24.5 Å². The van der Waals surface area contributed by atoms with E-state index >= 15 is 0 Å². The summed E-state index contributed by atoms with van der Waals surface area (Å²) in [7, 11) is 1.84. The van der Waals surface area contributed by atoms with Gasteiger partial charge in [0, 0.05) is 49.0 Å². The normalized spacial score (nSPS) is 14.2. The first kappa shape index (κ1) is 28.4. The van der Waals surface area contributed by atoms with Crippen molar-refractivity contribution in [2.75, 3.05) is 13.6 Å². The van der Waals surface area contributed by atoms with Gasteiger partial charge in [0.05, 0.1) is 5.71 Å². The summed E-state index contributed by atoms with van der Waals surface area (Å²) in [6.45, 7) is 20.2. The molecule has 0 aromatic heterocycles. The van der Waals surface area contributed by atoms with Crippen molar-refractivity contribution in [2.24, 2.45) is 11.0 Å². The van der Waals surface area contributed by atoms with Crippen LogP contribution in [0.15, 0.2) is 70.1 Å². The van der Waals surface area contributed by atoms with E-state index in [-0.39, 0.29) is 0 Å². The average molecular weight is 452 g/mol. The molecule has 0 saturated heterocycles. The Hall–Kier alpha value is -2.62. The van der Waals surface area contributed by atoms with Gasteiger partial charge in [-0.25, -0.2) is 0 Å². The van der Waals surface area contributed by atoms with Crippen LogP contribution in [-0.2, 0) is 4.79 Å². The van der Waals surface area contributed by atoms with Gasteiger partial charge in [0.15, 0.2) is 0 Å². The lowest BCUT2D eigenvalue weighted by Gasteiger charge is -2.30. The van der Waals surface area contributed by atoms with Gasteiger partial charge in [-0.3, -0.25) is 4.79 Å². The first-order chi connectivity index (χ1) is 15.7. The van der Waals surface area contributed by atoms with Crippen molar-refractivity contribution in [2.45, 2.75) is 80.6 Å². The van der Waals surface area contributed by atoms with Crippen LogP contribution in [0, 0.1) is 5.92 Å². The summed E-state index contributed by atoms with van der Waals surface area (Å²) < 4.78 is 0. The fraction of sp³-hybridized carbons (Fsp3) is 0.517. The predicted octanol–water partition coefficient (Wildman–Crippen LogP) is 7.25. The second-order valence-corrected chi connectivity index (χ2v) is 8.91. The molecule has 0 saturated carbocycles. The van der Waals surface area contributed by atoms with Gasteiger partial charge in [-0.1, -0.05) is 63.3 Å². The molecule has 33 heavy (non-hydrogen) atoms. The zero-order chi connectivity index (χ0) is 25.0. The minimum absolute atomic E-state index is 0.339. The number of rotatable bonds is 14. The highest BCUT2D eigenvalue weighted by Crippen LogP contribution is 2.30. The summed E-state index contributed by atoms with van der Waals surface area (Å²) in [6, 6.07) is 10.3. The highest BCUT2D eigenvalue weighted by molar-refractivity contribution is 6.15. The van der Waals surface area contributed by atoms with Gasteiger partial charge in [-0.2, -0.15) is 5.10 Å². The molecule has 0 bridgehead atoms. The molecule has 0 heterocycles. The summed E-state index contributed by atoms with van der Waals surface area (Å²) >= 11 is 0. The van der Waals surface area contributed by atoms with Crippen LogP contribution in [0.25, 0.3) is 0 Å². The van der Waals surface area contributed by atoms with Crippen LogP contribution in [-0.4, -0.2) is 30.0 Å². The number of nitrogens with one attached hydrogen (secondary N) is 1. The molecule has 0 spiro atoms. The van der Waals surface area contributed by atoms with Crippen molar-refractivity contribution in [3.8, 4) is 0 Å². The lowest BCUT2D eigenvalue weighted by atomic mass is 9.87. The first-order valence-electron chi connectivity index (χ1n) is 12.3. The average Bonchev–Trinajstić information content (AvgIpc) is 2.80. The summed E-state index contributed by atoms with van der Waals surface area (Å²) in [5.74, 6) is 0.816. The fourth-order valence-corrected chi connectivity index (χ4v) is 4.08. The zero-order valence-electron chi connectivity index (χ0n) is 22.2. The predicted molar refractivity (Wildman–Crippen MR) is 143 cm³/mol. The van der Waals surface area contributed by atoms with E-state index in [9.17, 15) is 4.79 Å². The minimum atomic E-state index is 0.339. The number of hydrazone groups is 1. The topological polar surface area (TPSA) is 44.7 Å². The molecule has 1 aromatic carbocycles. The Bertz CT molecular complexity index is 877. The van der Waals surface area contributed by atoms with Crippen molar-refractivity contribution in [3.05, 3.63) is 70.6 Å². The zero-order valence-corrected chi connectivity index (χ0v) is 22.2. The lowest BCUT2D eigenvalue weighted by molar-refractivity contribution is -0.119. The fourth-order valence-electron chi connectivity index (χ4n) is 4.08. The standard InChI is InChI=1S/C29H45N3O/c1-10-16-27(33)19-15-20-32(21(3)4)25(8)28(24(7)23(6)22(5)11-2)29(31-30-9)26-17-13-12-14-18-26/h12-14,17-18,22,30H,3,10-11,15-16,19-20H2,1-2,4-9H3/b24-23-,28-25?,31-29-. The Balaban J connectivity index is 3.64. The summed E-state index contributed by atoms with van der Waals surface area (Å²) in [5.41, 5.74) is 10.8. The Labute approximate surface area is 202 Å². The van der Waals surface area contributed by atoms with Gasteiger partial charge >= 0.3 is 0 Å². The Kier molecular flexibility index (Phi) is 12.5. The van der Waals surface area contributed by atoms with Gasteiger partial charge in [-0.15, -0.1) is 0 Å². The molecule has 0 radical (unpaired) electrons. The smallest absolute Gasteiger partial charge is 0.132 e. The number of hydrogen-bond donors (Lipinski definition) is 1. The van der Waals surface area contributed by atoms with Gasteiger partial charge < -0.3 is 10.3 Å². The van der Waals surface area contributed by atoms with Crippen molar-refractivity contribution < 1.29 is 4.79 Å². The van der Waals surface area contributed by atoms with Crippen LogP contribution in [0.1, 0.15) is 86.1 Å². The van der Waals surface area contributed by atoms with E-state index in [1.165, 1.54) is 11.1 Å². The van der Waals surface area contributed by atoms with Crippen molar-refractivity contribution in [1.29, 1.82) is 0 Å². The monoisotopic (exact) mass is 451 g/mol. The molecule has 0 amide bonds. The minimum Gasteiger partial charge on any atom is -0.349 e. The molecule has 1 atom stereocenters. The summed E-state index contributed by atoms with van der Waals surface area (Å²) in [4.78, 5) is 14.3. The number of Topliss-reactive ketones (excluding diaryl/α,β-unsaturated/α-hetero) is 1. The van der Waals surface area contributed by atoms with Crippen LogP contribution >= 0.6 is 0 Å². The maximum Gasteiger partial charge on any atom is 0.132 e. The number of carbonyl (C=O) groups excluding carboxylic acids is 1. The van der Waals surface area contributed by atoms with Gasteiger partial charge in [-0.05, 0) is 58.4 Å². The molecule has 1 unspecified atom stereocenters. The summed E-state index contributed by atoms with van der Waals surface area (Å²) in [6.07, 6.45) is 4.08. The number of nitrogens with zero attached hydrogens (tertiary/aromatic N) is 2. The Morgan fingerprint density at radius 1 is 1.09 bits per heavy atom. The highest BCUT2D eigenvalue weighted by Gasteiger charge is 2.22. The quantitative estimate of drug-likeness (QED) is 0.184. The molecule has 0 aliphatic heterocycles. The largest absolute Gasteiger partial charge is 0.349 e. The van der Waals surface area contributed by atoms with Crippen LogP contribution < -0.4 is 5.43 Å². The number of ketones is 1. The third-order valence-electron chi connectivity index (χ3n) is 6.42. The number of carbonyl (C=O) groups is 1. The van der Waals surface area contributed by atoms with Crippen molar-refractivity contribution in [3.63, 3.8) is 0 Å². The molecular weight excluding hydrogens is 406 g/mol. The van der Waals surface area contributed by atoms with Crippen LogP contribution in [0.5, 0.6) is 0 Å². The number of hydrogen-bond acceptors (Lipinski definition) is 4. The van der Waals surface area contributed by atoms with E-state index in [1.54, 1.807) is 0 Å². The van der Waals surface area contributed by atoms with Crippen molar-refractivity contribution >= 4 is 11.5 Å². The third kappa shape index (κ3) is 8.34. The number of allylic oxidation sites excluding steroid dienone is 5. The lowest BCUT2D eigenvalue weighted by Crippen LogP contribution is -2.26. The van der Waals surface area contributed by atoms with Gasteiger partial charge in [0.1, 0.15) is 5.78 Å². The van der Waals surface area contributed by atoms with E-state index in [2.05, 4.69) is 70.6 Å². The molecule has 4 heteroatoms. The van der Waals surface area contributed by atoms with Crippen molar-refractivity contribution in [1.82, 2.24) is 10.3 Å². The second-order valence-electron chi connectivity index (χ2n) is 8.91. The van der Waals surface area contributed by atoms with Crippen LogP contribution in [0.2, 0.25) is 0 Å². The SMILES string of the molecule is C=C(C)N(CCCC(=O)CCC)C(C)=C(/C(=N\NC)c1ccccc1)/C(C)=C(/C)C(C)CC. The molecule has 0 fully saturated rings. The Morgan fingerprint density at radius 3 is 2.24 bits per heavy atom. The Morgan fingerprint density at radius 2 is 1.73 bits per heavy atom. The van der Waals surface area contributed by atoms with E-state index in [4.69, 9.17) is 5.10 Å². The van der Waals surface area contributed by atoms with E-state index < -0.39 is 0 Å². The van der Waals surface area contributed by atoms with E-state index in [1.807, 2.05) is 32.2 Å². The van der Waals surface area contributed by atoms with Crippen LogP contribution in [0.4, 0.5) is 0 Å². The maximum atomic E-state index is 12.1. The molecule has 4 nitrogen and oxygen atoms in total. The molecule has 182 valence electrons. The first-order valence-corrected chi connectivity index (χ1v) is 12.3. The summed E-state index contributed by atoms with van der Waals surface area (Å²) in [5, 5.41) is 4.74. The van der Waals surface area contributed by atoms with Gasteiger partial charge in [0.2, 0.25) is 0 Å². The molecule has 1 aromatic rings. The molecular formula is C29H45N3O. The number of benzene rings is 1. The second kappa shape index (κ2) is 14.5. The van der Waals surface area contributed by atoms with E-state index in [0.717, 1.165) is 54.0 Å². The molecule has 1 rings (SSSR count). The molecule has 0 aliphatic carbocycles. The third-order valence-corrected chi connectivity index (χ3v) is 6.42. The van der Waals surface area contributed by atoms with Gasteiger partial charge in [0.25, 0.3) is 0 Å². The highest BCUT2D eigenvalue weighted by atomic mass is 16.1. The molecule has 0 aliphatic rings. The molecule has 1 N–H and O–H groups in total. The maximum absolute atomic E-state index is 12.1.